The zero-order valence-electron chi connectivity index (χ0n) is 34.5. The van der Waals surface area contributed by atoms with Crippen molar-refractivity contribution in [3.05, 3.63) is 218 Å². The lowest BCUT2D eigenvalue weighted by Crippen LogP contribution is -1.96. The molecule has 0 aliphatic carbocycles. The van der Waals surface area contributed by atoms with Gasteiger partial charge in [-0.15, -0.1) is 11.3 Å². The van der Waals surface area contributed by atoms with E-state index in [-0.39, 0.29) is 0 Å². The summed E-state index contributed by atoms with van der Waals surface area (Å²) in [5.41, 5.74) is 15.9. The summed E-state index contributed by atoms with van der Waals surface area (Å²) >= 11 is 1.86. The van der Waals surface area contributed by atoms with Gasteiger partial charge in [-0.2, -0.15) is 0 Å². The van der Waals surface area contributed by atoms with E-state index in [2.05, 4.69) is 221 Å². The molecule has 3 nitrogen and oxygen atoms in total. The zero-order chi connectivity index (χ0) is 41.9. The second-order valence-electron chi connectivity index (χ2n) is 16.9. The van der Waals surface area contributed by atoms with E-state index in [0.717, 1.165) is 38.8 Å². The van der Waals surface area contributed by atoms with Gasteiger partial charge in [-0.1, -0.05) is 133 Å². The van der Waals surface area contributed by atoms with E-state index in [4.69, 9.17) is 4.42 Å². The van der Waals surface area contributed by atoms with Crippen LogP contribution in [0.25, 0.3) is 130 Å². The second-order valence-corrected chi connectivity index (χ2v) is 17.9. The monoisotopic (exact) mass is 832 g/mol. The Kier molecular flexibility index (Phi) is 7.56. The van der Waals surface area contributed by atoms with Crippen LogP contribution in [0.15, 0.2) is 223 Å². The van der Waals surface area contributed by atoms with Crippen molar-refractivity contribution in [2.24, 2.45) is 0 Å². The molecule has 0 N–H and O–H groups in total. The van der Waals surface area contributed by atoms with E-state index in [9.17, 15) is 0 Å². The molecule has 14 aromatic rings. The van der Waals surface area contributed by atoms with Crippen LogP contribution in [0.3, 0.4) is 0 Å². The van der Waals surface area contributed by atoms with Crippen LogP contribution in [0.2, 0.25) is 0 Å². The SMILES string of the molecule is c1ccc(-c2ccc3c(c2)c2cc(-c4cccc5c6cc(-c7ccccc7)ccc6n(-c6ccc7oc8ccccc8c7c6)c45)ccc2n3-c2ccc3sc4ccccc4c3c2)cc1. The molecule has 0 aliphatic rings. The zero-order valence-corrected chi connectivity index (χ0v) is 35.3. The minimum atomic E-state index is 0.889. The van der Waals surface area contributed by atoms with Crippen molar-refractivity contribution in [2.45, 2.75) is 0 Å². The number of hydrogen-bond donors (Lipinski definition) is 0. The van der Waals surface area contributed by atoms with Gasteiger partial charge in [0.15, 0.2) is 0 Å². The van der Waals surface area contributed by atoms with Crippen LogP contribution < -0.4 is 0 Å². The van der Waals surface area contributed by atoms with Crippen LogP contribution in [0.1, 0.15) is 0 Å². The molecule has 0 saturated heterocycles. The quantitative estimate of drug-likeness (QED) is 0.169. The molecule has 0 atom stereocenters. The van der Waals surface area contributed by atoms with Gasteiger partial charge >= 0.3 is 0 Å². The molecule has 64 heavy (non-hydrogen) atoms. The minimum absolute atomic E-state index is 0.889. The summed E-state index contributed by atoms with van der Waals surface area (Å²) < 4.78 is 13.9. The summed E-state index contributed by atoms with van der Waals surface area (Å²) in [5.74, 6) is 0. The van der Waals surface area contributed by atoms with Gasteiger partial charge in [0.05, 0.1) is 22.1 Å². The third-order valence-electron chi connectivity index (χ3n) is 13.3. The molecule has 0 spiro atoms. The molecule has 0 radical (unpaired) electrons. The third-order valence-corrected chi connectivity index (χ3v) is 14.5. The Balaban J connectivity index is 1.04. The Bertz CT molecular complexity index is 4190. The topological polar surface area (TPSA) is 23.0 Å². The first-order valence-corrected chi connectivity index (χ1v) is 22.6. The number of hydrogen-bond acceptors (Lipinski definition) is 2. The Morgan fingerprint density at radius 2 is 0.828 bits per heavy atom. The fourth-order valence-corrected chi connectivity index (χ4v) is 11.5. The number of nitrogens with zero attached hydrogens (tertiary/aromatic N) is 2. The van der Waals surface area contributed by atoms with Gasteiger partial charge in [0.2, 0.25) is 0 Å². The number of furan rings is 1. The predicted octanol–water partition coefficient (Wildman–Crippen LogP) is 17.1. The molecule has 10 aromatic carbocycles. The number of para-hydroxylation sites is 2. The van der Waals surface area contributed by atoms with Crippen molar-refractivity contribution < 1.29 is 4.42 Å². The van der Waals surface area contributed by atoms with Crippen LogP contribution in [-0.4, -0.2) is 9.13 Å². The molecule has 4 heterocycles. The van der Waals surface area contributed by atoms with Gasteiger partial charge in [-0.05, 0) is 113 Å². The molecule has 298 valence electrons. The van der Waals surface area contributed by atoms with E-state index in [1.165, 1.54) is 91.6 Å². The Morgan fingerprint density at radius 3 is 1.58 bits per heavy atom. The van der Waals surface area contributed by atoms with E-state index >= 15 is 0 Å². The number of benzene rings is 10. The van der Waals surface area contributed by atoms with Crippen molar-refractivity contribution in [1.29, 1.82) is 0 Å². The van der Waals surface area contributed by atoms with Gasteiger partial charge in [0.1, 0.15) is 11.2 Å². The average Bonchev–Trinajstić information content (AvgIpc) is 4.11. The molecule has 0 saturated carbocycles. The molecular formula is C60H36N2OS. The summed E-state index contributed by atoms with van der Waals surface area (Å²) in [6.07, 6.45) is 0. The minimum Gasteiger partial charge on any atom is -0.456 e. The number of fused-ring (bicyclic) bond motifs is 12. The van der Waals surface area contributed by atoms with Crippen LogP contribution in [-0.2, 0) is 0 Å². The second kappa shape index (κ2) is 13.7. The number of rotatable bonds is 5. The van der Waals surface area contributed by atoms with Crippen molar-refractivity contribution >= 4 is 97.1 Å². The Labute approximate surface area is 371 Å². The summed E-state index contributed by atoms with van der Waals surface area (Å²) in [6, 6.07) is 80.0. The van der Waals surface area contributed by atoms with Crippen molar-refractivity contribution in [2.75, 3.05) is 0 Å². The Morgan fingerprint density at radius 1 is 0.297 bits per heavy atom. The molecule has 0 unspecified atom stereocenters. The maximum atomic E-state index is 6.33. The van der Waals surface area contributed by atoms with Gasteiger partial charge in [0.25, 0.3) is 0 Å². The van der Waals surface area contributed by atoms with Crippen molar-refractivity contribution in [3.8, 4) is 44.8 Å². The lowest BCUT2D eigenvalue weighted by molar-refractivity contribution is 0.669. The first-order valence-electron chi connectivity index (χ1n) is 21.8. The fourth-order valence-electron chi connectivity index (χ4n) is 10.4. The molecular weight excluding hydrogens is 797 g/mol. The van der Waals surface area contributed by atoms with Crippen LogP contribution in [0.4, 0.5) is 0 Å². The largest absolute Gasteiger partial charge is 0.456 e. The highest BCUT2D eigenvalue weighted by molar-refractivity contribution is 7.25. The summed E-state index contributed by atoms with van der Waals surface area (Å²) in [5, 5.41) is 9.71. The maximum absolute atomic E-state index is 6.33. The maximum Gasteiger partial charge on any atom is 0.135 e. The van der Waals surface area contributed by atoms with Crippen molar-refractivity contribution in [1.82, 2.24) is 9.13 Å². The fraction of sp³-hybridized carbons (Fsp3) is 0. The summed E-state index contributed by atoms with van der Waals surface area (Å²) in [7, 11) is 0. The van der Waals surface area contributed by atoms with Crippen LogP contribution >= 0.6 is 11.3 Å². The number of aromatic nitrogens is 2. The van der Waals surface area contributed by atoms with Gasteiger partial charge < -0.3 is 13.6 Å². The van der Waals surface area contributed by atoms with Gasteiger partial charge in [-0.25, -0.2) is 0 Å². The van der Waals surface area contributed by atoms with E-state index in [0.29, 0.717) is 0 Å². The molecule has 0 aliphatic heterocycles. The van der Waals surface area contributed by atoms with Gasteiger partial charge in [-0.3, -0.25) is 0 Å². The molecule has 0 bridgehead atoms. The highest BCUT2D eigenvalue weighted by Crippen LogP contribution is 2.44. The predicted molar refractivity (Wildman–Crippen MR) is 272 cm³/mol. The molecule has 4 heteroatoms. The molecule has 4 aromatic heterocycles. The first kappa shape index (κ1) is 35.4. The Hall–Kier alpha value is -8.18. The highest BCUT2D eigenvalue weighted by Gasteiger charge is 2.21. The highest BCUT2D eigenvalue weighted by atomic mass is 32.1. The first-order chi connectivity index (χ1) is 31.7. The number of thiophene rings is 1. The van der Waals surface area contributed by atoms with Crippen LogP contribution in [0, 0.1) is 0 Å². The van der Waals surface area contributed by atoms with Crippen LogP contribution in [0.5, 0.6) is 0 Å². The van der Waals surface area contributed by atoms with Crippen molar-refractivity contribution in [3.63, 3.8) is 0 Å². The third kappa shape index (κ3) is 5.27. The van der Waals surface area contributed by atoms with E-state index in [1.54, 1.807) is 0 Å². The summed E-state index contributed by atoms with van der Waals surface area (Å²) in [6.45, 7) is 0. The van der Waals surface area contributed by atoms with E-state index < -0.39 is 0 Å². The standard InChI is InChI=1S/C60H36N2OS/c1-3-12-37(13-4-1)39-23-28-55-48(32-39)47-19-11-18-44(60(47)62(55)43-25-30-57-51(35-43)45-16-7-9-20-56(45)63-57)41-24-29-54-50(34-41)49-33-40(38-14-5-2-6-15-38)22-27-53(49)61(54)42-26-31-59-52(36-42)46-17-8-10-21-58(46)64-59/h1-36H. The lowest BCUT2D eigenvalue weighted by Gasteiger charge is -2.13. The lowest BCUT2D eigenvalue weighted by atomic mass is 9.98. The smallest absolute Gasteiger partial charge is 0.135 e. The normalized spacial score (nSPS) is 12.1. The summed E-state index contributed by atoms with van der Waals surface area (Å²) in [4.78, 5) is 0. The van der Waals surface area contributed by atoms with Gasteiger partial charge in [0, 0.05) is 69.4 Å². The van der Waals surface area contributed by atoms with E-state index in [1.807, 2.05) is 17.4 Å². The molecule has 14 rings (SSSR count). The molecule has 0 amide bonds. The molecule has 0 fully saturated rings. The average molecular weight is 833 g/mol.